The normalized spacial score (nSPS) is 10.2. The van der Waals surface area contributed by atoms with E-state index >= 15 is 0 Å². The van der Waals surface area contributed by atoms with Gasteiger partial charge in [-0.05, 0) is 46.3 Å². The molecule has 0 fully saturated rings. The van der Waals surface area contributed by atoms with Gasteiger partial charge >= 0.3 is 0 Å². The third kappa shape index (κ3) is 4.13. The van der Waals surface area contributed by atoms with E-state index in [0.29, 0.717) is 26.0 Å². The lowest BCUT2D eigenvalue weighted by atomic mass is 10.3. The first kappa shape index (κ1) is 15.2. The highest BCUT2D eigenvalue weighted by Gasteiger charge is 2.08. The summed E-state index contributed by atoms with van der Waals surface area (Å²) in [7, 11) is 0. The quantitative estimate of drug-likeness (QED) is 0.836. The number of rotatable bonds is 4. The van der Waals surface area contributed by atoms with Gasteiger partial charge in [-0.2, -0.15) is 0 Å². The first-order valence-corrected chi connectivity index (χ1v) is 7.23. The molecule has 2 aromatic rings. The van der Waals surface area contributed by atoms with Gasteiger partial charge in [0, 0.05) is 5.02 Å². The van der Waals surface area contributed by atoms with Crippen molar-refractivity contribution < 1.29 is 9.53 Å². The Morgan fingerprint density at radius 3 is 2.70 bits per heavy atom. The van der Waals surface area contributed by atoms with Crippen molar-refractivity contribution in [1.29, 1.82) is 0 Å². The van der Waals surface area contributed by atoms with E-state index in [4.69, 9.17) is 27.9 Å². The van der Waals surface area contributed by atoms with Crippen LogP contribution in [0.3, 0.4) is 0 Å². The SMILES string of the molecule is O=C(COc1cccc(Cl)c1)Nc1cccc(Cl)c1Br. The maximum Gasteiger partial charge on any atom is 0.262 e. The van der Waals surface area contributed by atoms with Crippen LogP contribution in [-0.2, 0) is 4.79 Å². The van der Waals surface area contributed by atoms with Gasteiger partial charge in [0.05, 0.1) is 15.2 Å². The van der Waals surface area contributed by atoms with Crippen LogP contribution in [0.25, 0.3) is 0 Å². The van der Waals surface area contributed by atoms with E-state index in [1.54, 1.807) is 42.5 Å². The zero-order valence-corrected chi connectivity index (χ0v) is 13.3. The van der Waals surface area contributed by atoms with Crippen LogP contribution >= 0.6 is 39.1 Å². The molecule has 1 N–H and O–H groups in total. The smallest absolute Gasteiger partial charge is 0.262 e. The van der Waals surface area contributed by atoms with Gasteiger partial charge in [0.15, 0.2) is 6.61 Å². The fourth-order valence-corrected chi connectivity index (χ4v) is 2.21. The van der Waals surface area contributed by atoms with Crippen LogP contribution in [0.4, 0.5) is 5.69 Å². The first-order chi connectivity index (χ1) is 9.56. The molecule has 0 radical (unpaired) electrons. The molecule has 104 valence electrons. The topological polar surface area (TPSA) is 38.3 Å². The highest BCUT2D eigenvalue weighted by atomic mass is 79.9. The van der Waals surface area contributed by atoms with Crippen molar-refractivity contribution in [3.8, 4) is 5.75 Å². The van der Waals surface area contributed by atoms with Gasteiger partial charge in [-0.1, -0.05) is 35.3 Å². The van der Waals surface area contributed by atoms with Crippen LogP contribution < -0.4 is 10.1 Å². The van der Waals surface area contributed by atoms with Crippen LogP contribution in [0.2, 0.25) is 10.0 Å². The third-order valence-corrected chi connectivity index (χ3v) is 4.02. The lowest BCUT2D eigenvalue weighted by molar-refractivity contribution is -0.118. The number of halogens is 3. The molecule has 0 aliphatic carbocycles. The number of carbonyl (C=O) groups is 1. The van der Waals surface area contributed by atoms with Crippen molar-refractivity contribution in [2.75, 3.05) is 11.9 Å². The number of carbonyl (C=O) groups excluding carboxylic acids is 1. The molecule has 6 heteroatoms. The predicted octanol–water partition coefficient (Wildman–Crippen LogP) is 4.77. The van der Waals surface area contributed by atoms with Crippen LogP contribution in [-0.4, -0.2) is 12.5 Å². The minimum atomic E-state index is -0.284. The standard InChI is InChI=1S/C14H10BrCl2NO2/c15-14-11(17)5-2-6-12(14)18-13(19)8-20-10-4-1-3-9(16)7-10/h1-7H,8H2,(H,18,19). The average Bonchev–Trinajstić information content (AvgIpc) is 2.42. The van der Waals surface area contributed by atoms with Gasteiger partial charge in [-0.3, -0.25) is 4.79 Å². The van der Waals surface area contributed by atoms with Gasteiger partial charge in [-0.25, -0.2) is 0 Å². The molecule has 0 heterocycles. The minimum Gasteiger partial charge on any atom is -0.484 e. The zero-order valence-electron chi connectivity index (χ0n) is 10.2. The first-order valence-electron chi connectivity index (χ1n) is 5.68. The lowest BCUT2D eigenvalue weighted by Gasteiger charge is -2.09. The molecule has 1 amide bonds. The Labute approximate surface area is 135 Å². The maximum atomic E-state index is 11.8. The summed E-state index contributed by atoms with van der Waals surface area (Å²) < 4.78 is 5.98. The fraction of sp³-hybridized carbons (Fsp3) is 0.0714. The molecule has 2 aromatic carbocycles. The highest BCUT2D eigenvalue weighted by Crippen LogP contribution is 2.29. The van der Waals surface area contributed by atoms with Crippen molar-refractivity contribution in [2.24, 2.45) is 0 Å². The van der Waals surface area contributed by atoms with Crippen LogP contribution in [0, 0.1) is 0 Å². The van der Waals surface area contributed by atoms with E-state index in [1.165, 1.54) is 0 Å². The van der Waals surface area contributed by atoms with Crippen molar-refractivity contribution in [2.45, 2.75) is 0 Å². The number of hydrogen-bond acceptors (Lipinski definition) is 2. The molecule has 20 heavy (non-hydrogen) atoms. The van der Waals surface area contributed by atoms with Gasteiger partial charge < -0.3 is 10.1 Å². The molecule has 0 aromatic heterocycles. The van der Waals surface area contributed by atoms with E-state index < -0.39 is 0 Å². The van der Waals surface area contributed by atoms with Crippen molar-refractivity contribution >= 4 is 50.7 Å². The van der Waals surface area contributed by atoms with E-state index in [-0.39, 0.29) is 12.5 Å². The molecule has 0 aliphatic rings. The van der Waals surface area contributed by atoms with Gasteiger partial charge in [-0.15, -0.1) is 0 Å². The van der Waals surface area contributed by atoms with Crippen LogP contribution in [0.15, 0.2) is 46.9 Å². The molecule has 0 atom stereocenters. The number of nitrogens with one attached hydrogen (secondary N) is 1. The number of anilines is 1. The molecule has 0 unspecified atom stereocenters. The summed E-state index contributed by atoms with van der Waals surface area (Å²) in [5.41, 5.74) is 0.595. The monoisotopic (exact) mass is 373 g/mol. The Morgan fingerprint density at radius 2 is 1.95 bits per heavy atom. The summed E-state index contributed by atoms with van der Waals surface area (Å²) in [5.74, 6) is 0.255. The second-order valence-corrected chi connectivity index (χ2v) is 5.53. The Balaban J connectivity index is 1.94. The molecular weight excluding hydrogens is 365 g/mol. The van der Waals surface area contributed by atoms with E-state index in [9.17, 15) is 4.79 Å². The second-order valence-electron chi connectivity index (χ2n) is 3.90. The third-order valence-electron chi connectivity index (χ3n) is 2.39. The van der Waals surface area contributed by atoms with E-state index in [2.05, 4.69) is 21.2 Å². The maximum absolute atomic E-state index is 11.8. The second kappa shape index (κ2) is 6.97. The van der Waals surface area contributed by atoms with Crippen molar-refractivity contribution in [3.05, 3.63) is 57.0 Å². The molecule has 0 bridgehead atoms. The summed E-state index contributed by atoms with van der Waals surface area (Å²) in [6, 6.07) is 12.1. The number of benzene rings is 2. The molecule has 2 rings (SSSR count). The molecule has 0 aliphatic heterocycles. The highest BCUT2D eigenvalue weighted by molar-refractivity contribution is 9.10. The zero-order chi connectivity index (χ0) is 14.5. The summed E-state index contributed by atoms with van der Waals surface area (Å²) in [5, 5.41) is 3.79. The fourth-order valence-electron chi connectivity index (χ4n) is 1.49. The summed E-state index contributed by atoms with van der Waals surface area (Å²) in [4.78, 5) is 11.8. The van der Waals surface area contributed by atoms with Gasteiger partial charge in [0.25, 0.3) is 5.91 Å². The Kier molecular flexibility index (Phi) is 5.29. The number of ether oxygens (including phenoxy) is 1. The number of amides is 1. The van der Waals surface area contributed by atoms with Crippen LogP contribution in [0.1, 0.15) is 0 Å². The Bertz CT molecular complexity index is 634. The average molecular weight is 375 g/mol. The Morgan fingerprint density at radius 1 is 1.20 bits per heavy atom. The summed E-state index contributed by atoms with van der Waals surface area (Å²) >= 11 is 15.1. The van der Waals surface area contributed by atoms with Gasteiger partial charge in [0.1, 0.15) is 5.75 Å². The van der Waals surface area contributed by atoms with E-state index in [0.717, 1.165) is 0 Å². The minimum absolute atomic E-state index is 0.112. The van der Waals surface area contributed by atoms with Crippen molar-refractivity contribution in [3.63, 3.8) is 0 Å². The predicted molar refractivity (Wildman–Crippen MR) is 84.7 cm³/mol. The summed E-state index contributed by atoms with van der Waals surface area (Å²) in [6.07, 6.45) is 0. The molecular formula is C14H10BrCl2NO2. The molecule has 0 spiro atoms. The van der Waals surface area contributed by atoms with Crippen LogP contribution in [0.5, 0.6) is 5.75 Å². The molecule has 0 saturated carbocycles. The molecule has 0 saturated heterocycles. The summed E-state index contributed by atoms with van der Waals surface area (Å²) in [6.45, 7) is -0.112. The molecule has 3 nitrogen and oxygen atoms in total. The van der Waals surface area contributed by atoms with Gasteiger partial charge in [0.2, 0.25) is 0 Å². The lowest BCUT2D eigenvalue weighted by Crippen LogP contribution is -2.20. The Hall–Kier alpha value is -1.23. The number of hydrogen-bond donors (Lipinski definition) is 1. The van der Waals surface area contributed by atoms with E-state index in [1.807, 2.05) is 0 Å². The van der Waals surface area contributed by atoms with Crippen molar-refractivity contribution in [1.82, 2.24) is 0 Å². The largest absolute Gasteiger partial charge is 0.484 e.